The Kier molecular flexibility index (Phi) is 8.48. The second-order valence-corrected chi connectivity index (χ2v) is 3.72. The predicted octanol–water partition coefficient (Wildman–Crippen LogP) is 0.162. The zero-order valence-electron chi connectivity index (χ0n) is 3.30. The summed E-state index contributed by atoms with van der Waals surface area (Å²) >= 11 is 1.35. The number of hydrogen-bond acceptors (Lipinski definition) is 1. The van der Waals surface area contributed by atoms with Gasteiger partial charge in [-0.2, -0.15) is 0 Å². The third kappa shape index (κ3) is 80.6. The summed E-state index contributed by atoms with van der Waals surface area (Å²) in [5.74, 6) is 0. The summed E-state index contributed by atoms with van der Waals surface area (Å²) in [6, 6.07) is 0. The van der Waals surface area contributed by atoms with Crippen LogP contribution in [0.5, 0.6) is 0 Å². The Labute approximate surface area is 44.0 Å². The molecule has 0 aromatic carbocycles. The van der Waals surface area contributed by atoms with Crippen molar-refractivity contribution in [1.29, 1.82) is 0 Å². The van der Waals surface area contributed by atoms with Gasteiger partial charge in [-0.05, 0) is 0 Å². The van der Waals surface area contributed by atoms with Crippen LogP contribution in [0.2, 0.25) is 0 Å². The molecule has 1 nitrogen and oxygen atoms in total. The Morgan fingerprint density at radius 3 is 1.40 bits per heavy atom. The molecule has 0 bridgehead atoms. The van der Waals surface area contributed by atoms with Crippen molar-refractivity contribution in [3.63, 3.8) is 0 Å². The van der Waals surface area contributed by atoms with Gasteiger partial charge in [-0.3, -0.25) is 4.70 Å². The summed E-state index contributed by atoms with van der Waals surface area (Å²) in [5.41, 5.74) is 0. The molecule has 0 fully saturated rings. The number of rotatable bonds is 0. The molecule has 0 heterocycles. The topological polar surface area (TPSA) is 3.24 Å². The van der Waals surface area contributed by atoms with E-state index < -0.39 is 0 Å². The van der Waals surface area contributed by atoms with Crippen LogP contribution in [-0.4, -0.2) is 17.4 Å². The van der Waals surface area contributed by atoms with Crippen LogP contribution in [0.25, 0.3) is 0 Å². The quantitative estimate of drug-likeness (QED) is 0.587. The van der Waals surface area contributed by atoms with Gasteiger partial charge >= 0.3 is 38.7 Å². The predicted molar refractivity (Wildman–Crippen MR) is 16.2 cm³/mol. The van der Waals surface area contributed by atoms with Gasteiger partial charge in [0.25, 0.3) is 0 Å². The minimum absolute atomic E-state index is 0. The van der Waals surface area contributed by atoms with E-state index in [-0.39, 0.29) is 4.70 Å². The van der Waals surface area contributed by atoms with Gasteiger partial charge < -0.3 is 0 Å². The Hall–Kier alpha value is 0.630. The molecule has 0 aromatic rings. The maximum Gasteiger partial charge on any atom is -0.269 e. The van der Waals surface area contributed by atoms with Gasteiger partial charge in [-0.1, -0.05) is 0 Å². The van der Waals surface area contributed by atoms with Crippen molar-refractivity contribution < 1.29 is 26.0 Å². The fourth-order valence-corrected chi connectivity index (χ4v) is 0. The second-order valence-electron chi connectivity index (χ2n) is 0.847. The maximum atomic E-state index is 2.11. The molecule has 0 spiro atoms. The van der Waals surface area contributed by atoms with E-state index in [2.05, 4.69) is 3.30 Å². The molecule has 0 aliphatic carbocycles. The Morgan fingerprint density at radius 2 is 1.40 bits per heavy atom. The fourth-order valence-electron chi connectivity index (χ4n) is 0. The molecule has 0 aromatic heterocycles. The first-order chi connectivity index (χ1) is 1.73. The molecule has 5 heavy (non-hydrogen) atoms. The minimum Gasteiger partial charge on any atom is -0.269 e. The zero-order valence-corrected chi connectivity index (χ0v) is 6.52. The van der Waals surface area contributed by atoms with E-state index in [0.717, 1.165) is 0 Å². The van der Waals surface area contributed by atoms with Crippen molar-refractivity contribution in [2.24, 2.45) is 0 Å². The van der Waals surface area contributed by atoms with Crippen LogP contribution in [0.1, 0.15) is 0 Å². The number of nitrogens with zero attached hydrogens (tertiary/aromatic N) is 1. The molecular weight excluding hydrogens is 238 g/mol. The maximum absolute atomic E-state index is 2.11. The van der Waals surface area contributed by atoms with Crippen molar-refractivity contribution in [1.82, 2.24) is 3.30 Å². The van der Waals surface area contributed by atoms with Crippen LogP contribution in [0.3, 0.4) is 0 Å². The van der Waals surface area contributed by atoms with E-state index in [1.54, 1.807) is 0 Å². The zero-order chi connectivity index (χ0) is 3.58. The summed E-state index contributed by atoms with van der Waals surface area (Å²) in [6.07, 6.45) is 0. The van der Waals surface area contributed by atoms with E-state index in [9.17, 15) is 0 Å². The van der Waals surface area contributed by atoms with Crippen LogP contribution in [-0.2, 0) is 21.3 Å². The Bertz CT molecular complexity index is 14.4. The standard InChI is InChI=1S/C2H6N.FH.Ta/c1-3-2;;/h1-2H3;1H;/q-1;;+1. The molecule has 0 rings (SSSR count). The Morgan fingerprint density at radius 1 is 1.40 bits per heavy atom. The van der Waals surface area contributed by atoms with E-state index >= 15 is 0 Å². The largest absolute Gasteiger partial charge is 0.269 e. The summed E-state index contributed by atoms with van der Waals surface area (Å²) < 4.78 is 2.11. The van der Waals surface area contributed by atoms with Gasteiger partial charge in [0, 0.05) is 0 Å². The molecular formula is C2H7FNTa. The molecule has 0 aliphatic rings. The molecule has 0 saturated heterocycles. The number of hydrogen-bond donors (Lipinski definition) is 0. The average molecular weight is 245 g/mol. The molecule has 3 heteroatoms. The average Bonchev–Trinajstić information content (AvgIpc) is 0.811. The summed E-state index contributed by atoms with van der Waals surface area (Å²) in [7, 11) is 4.10. The van der Waals surface area contributed by atoms with Crippen molar-refractivity contribution >= 4 is 0 Å². The minimum atomic E-state index is 0. The summed E-state index contributed by atoms with van der Waals surface area (Å²) in [5, 5.41) is 0. The molecule has 32 valence electrons. The molecule has 0 radical (unpaired) electrons. The normalized spacial score (nSPS) is 7.00. The third-order valence-electron chi connectivity index (χ3n) is 0. The van der Waals surface area contributed by atoms with Crippen LogP contribution >= 0.6 is 0 Å². The van der Waals surface area contributed by atoms with E-state index in [4.69, 9.17) is 0 Å². The molecule has 0 aliphatic heterocycles. The van der Waals surface area contributed by atoms with Gasteiger partial charge in [0.2, 0.25) is 0 Å². The van der Waals surface area contributed by atoms with E-state index in [1.807, 2.05) is 14.1 Å². The smallest absolute Gasteiger partial charge is 0.269 e. The third-order valence-corrected chi connectivity index (χ3v) is 0. The van der Waals surface area contributed by atoms with Gasteiger partial charge in [0.05, 0.1) is 0 Å². The van der Waals surface area contributed by atoms with Crippen LogP contribution in [0, 0.1) is 0 Å². The van der Waals surface area contributed by atoms with Gasteiger partial charge in [0.1, 0.15) is 0 Å². The van der Waals surface area contributed by atoms with Crippen molar-refractivity contribution in [3.05, 3.63) is 0 Å². The van der Waals surface area contributed by atoms with Crippen LogP contribution in [0.15, 0.2) is 0 Å². The van der Waals surface area contributed by atoms with Crippen LogP contribution in [0.4, 0.5) is 4.70 Å². The van der Waals surface area contributed by atoms with Gasteiger partial charge in [-0.25, -0.2) is 0 Å². The van der Waals surface area contributed by atoms with Gasteiger partial charge in [-0.15, -0.1) is 0 Å². The summed E-state index contributed by atoms with van der Waals surface area (Å²) in [6.45, 7) is 0. The molecule has 0 unspecified atom stereocenters. The molecule has 0 saturated carbocycles. The first-order valence-corrected chi connectivity index (χ1v) is 2.53. The van der Waals surface area contributed by atoms with E-state index in [0.29, 0.717) is 0 Å². The SMILES string of the molecule is C[N](C)[Ta].F. The van der Waals surface area contributed by atoms with Gasteiger partial charge in [0.15, 0.2) is 0 Å². The molecule has 0 amide bonds. The van der Waals surface area contributed by atoms with Crippen molar-refractivity contribution in [3.8, 4) is 0 Å². The summed E-state index contributed by atoms with van der Waals surface area (Å²) in [4.78, 5) is 0. The Balaban J connectivity index is 0. The second kappa shape index (κ2) is 4.63. The first-order valence-electron chi connectivity index (χ1n) is 1.09. The van der Waals surface area contributed by atoms with Crippen molar-refractivity contribution in [2.75, 3.05) is 14.1 Å². The molecule has 0 N–H and O–H groups in total. The van der Waals surface area contributed by atoms with Crippen LogP contribution < -0.4 is 0 Å². The van der Waals surface area contributed by atoms with Crippen molar-refractivity contribution in [2.45, 2.75) is 0 Å². The monoisotopic (exact) mass is 245 g/mol. The first kappa shape index (κ1) is 9.16. The number of halogens is 1. The molecule has 0 atom stereocenters. The van der Waals surface area contributed by atoms with E-state index in [1.165, 1.54) is 21.3 Å². The fraction of sp³-hybridized carbons (Fsp3) is 1.00.